The molecule has 1 amide bonds. The van der Waals surface area contributed by atoms with Gasteiger partial charge in [-0.1, -0.05) is 6.07 Å². The summed E-state index contributed by atoms with van der Waals surface area (Å²) in [6, 6.07) is 4.50. The number of hydrogen-bond donors (Lipinski definition) is 3. The Kier molecular flexibility index (Phi) is 3.52. The van der Waals surface area contributed by atoms with Crippen molar-refractivity contribution in [3.63, 3.8) is 0 Å². The second-order valence-electron chi connectivity index (χ2n) is 3.91. The van der Waals surface area contributed by atoms with Crippen LogP contribution in [-0.4, -0.2) is 25.8 Å². The number of aromatic amines is 1. The fraction of sp³-hybridized carbons (Fsp3) is 0. The van der Waals surface area contributed by atoms with Crippen LogP contribution in [0.15, 0.2) is 30.5 Å². The summed E-state index contributed by atoms with van der Waals surface area (Å²) in [7, 11) is 0. The number of amides is 1. The maximum absolute atomic E-state index is 11.9. The number of nitrogens with one attached hydrogen (secondary N) is 2. The highest BCUT2D eigenvalue weighted by Gasteiger charge is 2.22. The Morgan fingerprint density at radius 3 is 2.52 bits per heavy atom. The van der Waals surface area contributed by atoms with Crippen molar-refractivity contribution in [2.75, 3.05) is 5.32 Å². The summed E-state index contributed by atoms with van der Waals surface area (Å²) in [6.45, 7) is 0. The molecule has 2 rings (SSSR count). The monoisotopic (exact) mass is 292 g/mol. The standard InChI is InChI=1S/C11H8N4O6/c16-9-3-1-2-8(15(20)21)10(9)13-11(17)7-4-6(5-12-7)14(18)19/h1-5,12,16H,(H,13,17). The Morgan fingerprint density at radius 1 is 1.24 bits per heavy atom. The largest absolute Gasteiger partial charge is 0.505 e. The fourth-order valence-electron chi connectivity index (χ4n) is 1.61. The summed E-state index contributed by atoms with van der Waals surface area (Å²) >= 11 is 0. The summed E-state index contributed by atoms with van der Waals surface area (Å²) in [5.74, 6) is -1.34. The van der Waals surface area contributed by atoms with Crippen LogP contribution in [0.4, 0.5) is 17.1 Å². The molecule has 0 radical (unpaired) electrons. The zero-order valence-electron chi connectivity index (χ0n) is 10.3. The molecule has 0 aliphatic rings. The van der Waals surface area contributed by atoms with E-state index in [9.17, 15) is 30.1 Å². The third kappa shape index (κ3) is 2.78. The number of aromatic hydroxyl groups is 1. The number of phenolic OH excluding ortho intramolecular Hbond substituents is 1. The number of anilines is 1. The van der Waals surface area contributed by atoms with E-state index in [1.54, 1.807) is 0 Å². The van der Waals surface area contributed by atoms with Crippen molar-refractivity contribution < 1.29 is 19.7 Å². The van der Waals surface area contributed by atoms with Gasteiger partial charge in [-0.2, -0.15) is 0 Å². The quantitative estimate of drug-likeness (QED) is 0.443. The Bertz CT molecular complexity index is 738. The van der Waals surface area contributed by atoms with Gasteiger partial charge in [-0.25, -0.2) is 0 Å². The van der Waals surface area contributed by atoms with E-state index in [4.69, 9.17) is 0 Å². The van der Waals surface area contributed by atoms with Gasteiger partial charge in [0.05, 0.1) is 16.0 Å². The molecule has 2 aromatic rings. The number of aromatic nitrogens is 1. The van der Waals surface area contributed by atoms with Gasteiger partial charge in [0.15, 0.2) is 5.69 Å². The third-order valence-corrected chi connectivity index (χ3v) is 2.58. The number of rotatable bonds is 4. The minimum absolute atomic E-state index is 0.167. The SMILES string of the molecule is O=C(Nc1c(O)cccc1[N+](=O)[O-])c1cc([N+](=O)[O-])c[nH]1. The molecule has 1 aromatic carbocycles. The third-order valence-electron chi connectivity index (χ3n) is 2.58. The number of para-hydroxylation sites is 1. The molecule has 0 aliphatic heterocycles. The molecule has 108 valence electrons. The Morgan fingerprint density at radius 2 is 1.95 bits per heavy atom. The van der Waals surface area contributed by atoms with Crippen LogP contribution < -0.4 is 5.32 Å². The van der Waals surface area contributed by atoms with Gasteiger partial charge in [0.2, 0.25) is 0 Å². The van der Waals surface area contributed by atoms with Crippen LogP contribution in [0.25, 0.3) is 0 Å². The number of carbonyl (C=O) groups excluding carboxylic acids is 1. The lowest BCUT2D eigenvalue weighted by Gasteiger charge is -2.06. The maximum atomic E-state index is 11.9. The molecule has 21 heavy (non-hydrogen) atoms. The molecule has 0 saturated carbocycles. The lowest BCUT2D eigenvalue weighted by atomic mass is 10.2. The van der Waals surface area contributed by atoms with Gasteiger partial charge in [0.1, 0.15) is 11.4 Å². The fourth-order valence-corrected chi connectivity index (χ4v) is 1.61. The molecule has 10 heteroatoms. The van der Waals surface area contributed by atoms with Crippen molar-refractivity contribution in [1.82, 2.24) is 4.98 Å². The highest BCUT2D eigenvalue weighted by molar-refractivity contribution is 6.05. The summed E-state index contributed by atoms with van der Waals surface area (Å²) in [4.78, 5) is 34.1. The second-order valence-corrected chi connectivity index (χ2v) is 3.91. The molecule has 0 atom stereocenters. The molecule has 0 bridgehead atoms. The number of benzene rings is 1. The van der Waals surface area contributed by atoms with Crippen LogP contribution in [0, 0.1) is 20.2 Å². The molecule has 0 spiro atoms. The van der Waals surface area contributed by atoms with E-state index in [1.807, 2.05) is 0 Å². The average molecular weight is 292 g/mol. The van der Waals surface area contributed by atoms with Crippen LogP contribution in [0.5, 0.6) is 5.75 Å². The van der Waals surface area contributed by atoms with Crippen molar-refractivity contribution in [3.8, 4) is 5.75 Å². The van der Waals surface area contributed by atoms with Gasteiger partial charge < -0.3 is 15.4 Å². The first kappa shape index (κ1) is 14.0. The summed E-state index contributed by atoms with van der Waals surface area (Å²) in [5, 5.41) is 33.1. The predicted molar refractivity (Wildman–Crippen MR) is 70.2 cm³/mol. The number of carbonyl (C=O) groups is 1. The van der Waals surface area contributed by atoms with Crippen molar-refractivity contribution in [3.05, 3.63) is 56.4 Å². The minimum Gasteiger partial charge on any atom is -0.505 e. The number of nitro groups is 2. The summed E-state index contributed by atoms with van der Waals surface area (Å²) < 4.78 is 0. The molecule has 0 saturated heterocycles. The van der Waals surface area contributed by atoms with E-state index in [1.165, 1.54) is 12.1 Å². The van der Waals surface area contributed by atoms with E-state index in [0.717, 1.165) is 18.3 Å². The topological polar surface area (TPSA) is 151 Å². The zero-order valence-corrected chi connectivity index (χ0v) is 10.3. The van der Waals surface area contributed by atoms with E-state index in [0.29, 0.717) is 0 Å². The van der Waals surface area contributed by atoms with Crippen molar-refractivity contribution in [2.24, 2.45) is 0 Å². The lowest BCUT2D eigenvalue weighted by molar-refractivity contribution is -0.384. The highest BCUT2D eigenvalue weighted by atomic mass is 16.6. The maximum Gasteiger partial charge on any atom is 0.296 e. The Hall–Kier alpha value is -3.43. The van der Waals surface area contributed by atoms with Crippen LogP contribution in [-0.2, 0) is 0 Å². The lowest BCUT2D eigenvalue weighted by Crippen LogP contribution is -2.13. The molecule has 0 unspecified atom stereocenters. The normalized spacial score (nSPS) is 10.1. The number of H-pyrrole nitrogens is 1. The highest BCUT2D eigenvalue weighted by Crippen LogP contribution is 2.33. The first-order valence-corrected chi connectivity index (χ1v) is 5.50. The van der Waals surface area contributed by atoms with Gasteiger partial charge in [0.25, 0.3) is 17.3 Å². The first-order chi connectivity index (χ1) is 9.90. The van der Waals surface area contributed by atoms with Gasteiger partial charge in [-0.3, -0.25) is 25.0 Å². The smallest absolute Gasteiger partial charge is 0.296 e. The Balaban J connectivity index is 2.31. The second kappa shape index (κ2) is 5.28. The van der Waals surface area contributed by atoms with Gasteiger partial charge in [-0.05, 0) is 6.07 Å². The van der Waals surface area contributed by atoms with Crippen LogP contribution >= 0.6 is 0 Å². The van der Waals surface area contributed by atoms with E-state index in [2.05, 4.69) is 10.3 Å². The predicted octanol–water partition coefficient (Wildman–Crippen LogP) is 1.79. The number of phenols is 1. The number of nitro benzene ring substituents is 1. The van der Waals surface area contributed by atoms with Gasteiger partial charge >= 0.3 is 0 Å². The van der Waals surface area contributed by atoms with Crippen LogP contribution in [0.2, 0.25) is 0 Å². The molecule has 1 aromatic heterocycles. The molecule has 1 heterocycles. The van der Waals surface area contributed by atoms with Crippen molar-refractivity contribution in [2.45, 2.75) is 0 Å². The zero-order chi connectivity index (χ0) is 15.6. The van der Waals surface area contributed by atoms with E-state index < -0.39 is 27.2 Å². The molecule has 3 N–H and O–H groups in total. The molecular formula is C11H8N4O6. The first-order valence-electron chi connectivity index (χ1n) is 5.50. The Labute approximate surface area is 116 Å². The van der Waals surface area contributed by atoms with Gasteiger partial charge in [-0.15, -0.1) is 0 Å². The van der Waals surface area contributed by atoms with Crippen LogP contribution in [0.3, 0.4) is 0 Å². The minimum atomic E-state index is -0.854. The molecule has 10 nitrogen and oxygen atoms in total. The summed E-state index contributed by atoms with van der Waals surface area (Å²) in [5.41, 5.74) is -1.37. The molecule has 0 fully saturated rings. The van der Waals surface area contributed by atoms with E-state index in [-0.39, 0.29) is 17.1 Å². The number of nitrogens with zero attached hydrogens (tertiary/aromatic N) is 2. The summed E-state index contributed by atoms with van der Waals surface area (Å²) in [6.07, 6.45) is 1.01. The molecular weight excluding hydrogens is 284 g/mol. The molecule has 0 aliphatic carbocycles. The van der Waals surface area contributed by atoms with Crippen molar-refractivity contribution >= 4 is 23.0 Å². The number of hydrogen-bond acceptors (Lipinski definition) is 6. The van der Waals surface area contributed by atoms with Crippen molar-refractivity contribution in [1.29, 1.82) is 0 Å². The van der Waals surface area contributed by atoms with E-state index >= 15 is 0 Å². The average Bonchev–Trinajstić information content (AvgIpc) is 2.90. The van der Waals surface area contributed by atoms with Crippen LogP contribution in [0.1, 0.15) is 10.5 Å². The van der Waals surface area contributed by atoms with Gasteiger partial charge in [0, 0.05) is 12.1 Å².